The first kappa shape index (κ1) is 17.2. The minimum atomic E-state index is -3.21. The molecule has 130 valence electrons. The Balaban J connectivity index is 1.94. The summed E-state index contributed by atoms with van der Waals surface area (Å²) in [5, 5.41) is -0.381. The van der Waals surface area contributed by atoms with E-state index in [0.29, 0.717) is 13.1 Å². The van der Waals surface area contributed by atoms with Gasteiger partial charge in [-0.3, -0.25) is 0 Å². The Morgan fingerprint density at radius 2 is 1.92 bits per heavy atom. The lowest BCUT2D eigenvalue weighted by Gasteiger charge is -2.35. The van der Waals surface area contributed by atoms with Crippen LogP contribution in [0.2, 0.25) is 0 Å². The number of hydrogen-bond acceptors (Lipinski definition) is 3. The predicted molar refractivity (Wildman–Crippen MR) is 96.3 cm³/mol. The fraction of sp³-hybridized carbons (Fsp3) is 0.500. The van der Waals surface area contributed by atoms with Crippen LogP contribution in [-0.2, 0) is 10.0 Å². The van der Waals surface area contributed by atoms with Crippen molar-refractivity contribution in [2.75, 3.05) is 13.1 Å². The van der Waals surface area contributed by atoms with Crippen LogP contribution in [0, 0.1) is 6.92 Å². The number of nitrogens with zero attached hydrogens (tertiary/aromatic N) is 3. The minimum Gasteiger partial charge on any atom is -0.324 e. The van der Waals surface area contributed by atoms with Gasteiger partial charge in [-0.25, -0.2) is 13.4 Å². The van der Waals surface area contributed by atoms with Gasteiger partial charge in [0.1, 0.15) is 5.82 Å². The summed E-state index contributed by atoms with van der Waals surface area (Å²) in [6.07, 6.45) is 3.72. The Labute approximate surface area is 144 Å². The molecule has 0 saturated carbocycles. The Hall–Kier alpha value is -1.66. The third kappa shape index (κ3) is 3.13. The van der Waals surface area contributed by atoms with E-state index in [1.165, 1.54) is 0 Å². The van der Waals surface area contributed by atoms with Crippen LogP contribution in [-0.4, -0.2) is 40.6 Å². The summed E-state index contributed by atoms with van der Waals surface area (Å²) in [5.74, 6) is 0.918. The molecular formula is C18H25N3O2S. The number of aromatic nitrogens is 2. The molecule has 1 aromatic heterocycles. The molecular weight excluding hydrogens is 322 g/mol. The number of benzene rings is 1. The normalized spacial score (nSPS) is 19.8. The van der Waals surface area contributed by atoms with E-state index in [-0.39, 0.29) is 11.3 Å². The Kier molecular flexibility index (Phi) is 4.78. The first-order valence-electron chi connectivity index (χ1n) is 8.49. The summed E-state index contributed by atoms with van der Waals surface area (Å²) in [4.78, 5) is 4.58. The Bertz CT molecular complexity index is 797. The molecule has 3 rings (SSSR count). The van der Waals surface area contributed by atoms with Gasteiger partial charge in [0, 0.05) is 36.6 Å². The van der Waals surface area contributed by atoms with Crippen molar-refractivity contribution < 1.29 is 8.42 Å². The molecule has 0 N–H and O–H groups in total. The maximum atomic E-state index is 12.5. The van der Waals surface area contributed by atoms with E-state index in [2.05, 4.69) is 9.55 Å². The maximum absolute atomic E-state index is 12.5. The number of hydrogen-bond donors (Lipinski definition) is 0. The van der Waals surface area contributed by atoms with Gasteiger partial charge in [0.2, 0.25) is 10.0 Å². The molecule has 0 amide bonds. The molecule has 1 unspecified atom stereocenters. The predicted octanol–water partition coefficient (Wildman–Crippen LogP) is 3.23. The first-order chi connectivity index (χ1) is 11.4. The molecule has 0 aliphatic carbocycles. The van der Waals surface area contributed by atoms with Gasteiger partial charge in [0.05, 0.1) is 5.25 Å². The van der Waals surface area contributed by atoms with Crippen molar-refractivity contribution in [3.05, 3.63) is 42.2 Å². The number of rotatable bonds is 4. The summed E-state index contributed by atoms with van der Waals surface area (Å²) < 4.78 is 28.9. The van der Waals surface area contributed by atoms with Crippen LogP contribution < -0.4 is 0 Å². The van der Waals surface area contributed by atoms with Crippen LogP contribution >= 0.6 is 0 Å². The second kappa shape index (κ2) is 6.69. The monoisotopic (exact) mass is 347 g/mol. The summed E-state index contributed by atoms with van der Waals surface area (Å²) in [7, 11) is -3.21. The van der Waals surface area contributed by atoms with Gasteiger partial charge in [-0.1, -0.05) is 30.3 Å². The SMILES string of the molecule is Cc1cnc(-c2ccccc2)n1C1CCCN(S(=O)(=O)C(C)C)C1. The fourth-order valence-electron chi connectivity index (χ4n) is 3.37. The van der Waals surface area contributed by atoms with Crippen molar-refractivity contribution in [2.45, 2.75) is 44.9 Å². The average molecular weight is 347 g/mol. The fourth-order valence-corrected chi connectivity index (χ4v) is 4.73. The smallest absolute Gasteiger partial charge is 0.216 e. The lowest BCUT2D eigenvalue weighted by atomic mass is 10.1. The molecule has 1 fully saturated rings. The van der Waals surface area contributed by atoms with Gasteiger partial charge in [-0.05, 0) is 33.6 Å². The average Bonchev–Trinajstić information content (AvgIpc) is 2.97. The molecule has 1 atom stereocenters. The molecule has 24 heavy (non-hydrogen) atoms. The summed E-state index contributed by atoms with van der Waals surface area (Å²) >= 11 is 0. The quantitative estimate of drug-likeness (QED) is 0.853. The van der Waals surface area contributed by atoms with Gasteiger partial charge in [-0.15, -0.1) is 0 Å². The van der Waals surface area contributed by atoms with Crippen molar-refractivity contribution >= 4 is 10.0 Å². The molecule has 1 aromatic carbocycles. The number of imidazole rings is 1. The third-order valence-electron chi connectivity index (χ3n) is 4.69. The van der Waals surface area contributed by atoms with Crippen LogP contribution in [0.25, 0.3) is 11.4 Å². The Morgan fingerprint density at radius 3 is 2.58 bits per heavy atom. The molecule has 1 saturated heterocycles. The van der Waals surface area contributed by atoms with Gasteiger partial charge >= 0.3 is 0 Å². The van der Waals surface area contributed by atoms with Gasteiger partial charge in [0.15, 0.2) is 0 Å². The second-order valence-electron chi connectivity index (χ2n) is 6.71. The van der Waals surface area contributed by atoms with Crippen molar-refractivity contribution in [3.8, 4) is 11.4 Å². The van der Waals surface area contributed by atoms with E-state index in [1.54, 1.807) is 18.2 Å². The largest absolute Gasteiger partial charge is 0.324 e. The van der Waals surface area contributed by atoms with Crippen LogP contribution in [0.5, 0.6) is 0 Å². The van der Waals surface area contributed by atoms with Gasteiger partial charge in [-0.2, -0.15) is 4.31 Å². The van der Waals surface area contributed by atoms with Gasteiger partial charge < -0.3 is 4.57 Å². The van der Waals surface area contributed by atoms with Crippen LogP contribution in [0.1, 0.15) is 38.4 Å². The minimum absolute atomic E-state index is 0.130. The van der Waals surface area contributed by atoms with Crippen LogP contribution in [0.15, 0.2) is 36.5 Å². The highest BCUT2D eigenvalue weighted by atomic mass is 32.2. The molecule has 1 aliphatic rings. The summed E-state index contributed by atoms with van der Waals surface area (Å²) in [5.41, 5.74) is 2.14. The highest BCUT2D eigenvalue weighted by Crippen LogP contribution is 2.30. The number of piperidine rings is 1. The van der Waals surface area contributed by atoms with Crippen LogP contribution in [0.3, 0.4) is 0 Å². The standard InChI is InChI=1S/C18H25N3O2S/c1-14(2)24(22,23)20-11-7-10-17(13-20)21-15(3)12-19-18(21)16-8-5-4-6-9-16/h4-6,8-9,12,14,17H,7,10-11,13H2,1-3H3. The van der Waals surface area contributed by atoms with E-state index in [0.717, 1.165) is 29.9 Å². The lowest BCUT2D eigenvalue weighted by Crippen LogP contribution is -2.43. The molecule has 0 bridgehead atoms. The van der Waals surface area contributed by atoms with Crippen LogP contribution in [0.4, 0.5) is 0 Å². The van der Waals surface area contributed by atoms with Crippen molar-refractivity contribution in [2.24, 2.45) is 0 Å². The molecule has 0 spiro atoms. The number of sulfonamides is 1. The highest BCUT2D eigenvalue weighted by Gasteiger charge is 2.32. The molecule has 1 aliphatic heterocycles. The molecule has 2 heterocycles. The lowest BCUT2D eigenvalue weighted by molar-refractivity contribution is 0.264. The zero-order valence-electron chi connectivity index (χ0n) is 14.5. The number of aryl methyl sites for hydroxylation is 1. The zero-order valence-corrected chi connectivity index (χ0v) is 15.3. The third-order valence-corrected chi connectivity index (χ3v) is 6.94. The molecule has 0 radical (unpaired) electrons. The molecule has 5 nitrogen and oxygen atoms in total. The first-order valence-corrected chi connectivity index (χ1v) is 10.00. The van der Waals surface area contributed by atoms with Gasteiger partial charge in [0.25, 0.3) is 0 Å². The summed E-state index contributed by atoms with van der Waals surface area (Å²) in [6.45, 7) is 6.67. The molecule has 6 heteroatoms. The van der Waals surface area contributed by atoms with E-state index in [4.69, 9.17) is 0 Å². The van der Waals surface area contributed by atoms with Crippen molar-refractivity contribution in [3.63, 3.8) is 0 Å². The second-order valence-corrected chi connectivity index (χ2v) is 9.20. The highest BCUT2D eigenvalue weighted by molar-refractivity contribution is 7.89. The van der Waals surface area contributed by atoms with Crippen molar-refractivity contribution in [1.82, 2.24) is 13.9 Å². The van der Waals surface area contributed by atoms with E-state index >= 15 is 0 Å². The zero-order chi connectivity index (χ0) is 17.3. The summed E-state index contributed by atoms with van der Waals surface area (Å²) in [6, 6.07) is 10.2. The topological polar surface area (TPSA) is 55.2 Å². The molecule has 2 aromatic rings. The van der Waals surface area contributed by atoms with E-state index in [9.17, 15) is 8.42 Å². The Morgan fingerprint density at radius 1 is 1.21 bits per heavy atom. The van der Waals surface area contributed by atoms with E-state index in [1.807, 2.05) is 43.5 Å². The van der Waals surface area contributed by atoms with E-state index < -0.39 is 10.0 Å². The maximum Gasteiger partial charge on any atom is 0.216 e. The van der Waals surface area contributed by atoms with Crippen molar-refractivity contribution in [1.29, 1.82) is 0 Å².